The average Bonchev–Trinajstić information content (AvgIpc) is 2.94. The van der Waals surface area contributed by atoms with E-state index >= 15 is 0 Å². The highest BCUT2D eigenvalue weighted by Crippen LogP contribution is 2.17. The van der Waals surface area contributed by atoms with Crippen LogP contribution < -0.4 is 10.1 Å². The molecule has 3 rings (SSSR count). The van der Waals surface area contributed by atoms with Gasteiger partial charge in [-0.3, -0.25) is 4.79 Å². The summed E-state index contributed by atoms with van der Waals surface area (Å²) in [4.78, 5) is 16.4. The Morgan fingerprint density at radius 2 is 2.13 bits per heavy atom. The number of rotatable bonds is 5. The zero-order valence-corrected chi connectivity index (χ0v) is 13.1. The Morgan fingerprint density at radius 1 is 1.26 bits per heavy atom. The van der Waals surface area contributed by atoms with E-state index in [1.165, 1.54) is 0 Å². The minimum absolute atomic E-state index is 0.109. The summed E-state index contributed by atoms with van der Waals surface area (Å²) in [6.45, 7) is 2.38. The van der Waals surface area contributed by atoms with Crippen LogP contribution in [0.1, 0.15) is 21.8 Å². The molecule has 1 N–H and O–H groups in total. The van der Waals surface area contributed by atoms with E-state index in [0.717, 1.165) is 23.1 Å². The molecule has 2 aromatic carbocycles. The number of nitrogens with one attached hydrogen (secondary N) is 1. The van der Waals surface area contributed by atoms with Crippen molar-refractivity contribution in [1.82, 2.24) is 10.3 Å². The van der Waals surface area contributed by atoms with Gasteiger partial charge in [-0.05, 0) is 42.3 Å². The number of oxazole rings is 1. The Bertz CT molecular complexity index is 839. The van der Waals surface area contributed by atoms with Crippen molar-refractivity contribution in [3.8, 4) is 5.75 Å². The van der Waals surface area contributed by atoms with E-state index in [4.69, 9.17) is 9.15 Å². The second kappa shape index (κ2) is 6.52. The fourth-order valence-corrected chi connectivity index (χ4v) is 2.43. The lowest BCUT2D eigenvalue weighted by Gasteiger charge is -2.07. The summed E-state index contributed by atoms with van der Waals surface area (Å²) >= 11 is 0. The van der Waals surface area contributed by atoms with Crippen LogP contribution in [-0.2, 0) is 6.42 Å². The predicted molar refractivity (Wildman–Crippen MR) is 87.8 cm³/mol. The van der Waals surface area contributed by atoms with E-state index in [-0.39, 0.29) is 5.91 Å². The summed E-state index contributed by atoms with van der Waals surface area (Å²) in [5.41, 5.74) is 3.33. The third-order valence-corrected chi connectivity index (χ3v) is 3.59. The maximum absolute atomic E-state index is 12.1. The van der Waals surface area contributed by atoms with E-state index in [1.807, 2.05) is 31.2 Å². The first kappa shape index (κ1) is 15.1. The summed E-state index contributed by atoms with van der Waals surface area (Å²) in [5, 5.41) is 2.91. The molecule has 0 aliphatic rings. The Hall–Kier alpha value is -2.82. The molecule has 0 radical (unpaired) electrons. The molecule has 3 aromatic rings. The van der Waals surface area contributed by atoms with Gasteiger partial charge in [0, 0.05) is 19.0 Å². The first-order valence-corrected chi connectivity index (χ1v) is 7.44. The number of methoxy groups -OCH3 is 1. The van der Waals surface area contributed by atoms with E-state index in [0.29, 0.717) is 23.7 Å². The molecule has 1 aromatic heterocycles. The van der Waals surface area contributed by atoms with E-state index in [2.05, 4.69) is 10.3 Å². The first-order chi connectivity index (χ1) is 11.2. The number of carbonyl (C=O) groups is 1. The van der Waals surface area contributed by atoms with Crippen LogP contribution in [0.2, 0.25) is 0 Å². The van der Waals surface area contributed by atoms with Gasteiger partial charge in [0.2, 0.25) is 0 Å². The number of hydrogen-bond acceptors (Lipinski definition) is 4. The third kappa shape index (κ3) is 3.51. The zero-order chi connectivity index (χ0) is 16.2. The number of fused-ring (bicyclic) bond motifs is 1. The molecule has 0 bridgehead atoms. The number of carbonyl (C=O) groups excluding carboxylic acids is 1. The molecule has 0 aliphatic carbocycles. The van der Waals surface area contributed by atoms with Crippen LogP contribution in [0.5, 0.6) is 5.75 Å². The van der Waals surface area contributed by atoms with Gasteiger partial charge in [0.1, 0.15) is 11.3 Å². The van der Waals surface area contributed by atoms with Crippen LogP contribution in [-0.4, -0.2) is 24.5 Å². The van der Waals surface area contributed by atoms with E-state index in [9.17, 15) is 4.79 Å². The van der Waals surface area contributed by atoms with Gasteiger partial charge in [-0.2, -0.15) is 0 Å². The van der Waals surface area contributed by atoms with Crippen molar-refractivity contribution in [3.05, 3.63) is 59.5 Å². The number of benzene rings is 2. The van der Waals surface area contributed by atoms with Gasteiger partial charge in [-0.15, -0.1) is 0 Å². The largest absolute Gasteiger partial charge is 0.497 e. The molecule has 0 saturated heterocycles. The lowest BCUT2D eigenvalue weighted by molar-refractivity contribution is 0.0954. The second-order valence-corrected chi connectivity index (χ2v) is 5.27. The fraction of sp³-hybridized carbons (Fsp3) is 0.222. The maximum Gasteiger partial charge on any atom is 0.251 e. The molecule has 1 amide bonds. The predicted octanol–water partition coefficient (Wildman–Crippen LogP) is 3.12. The highest BCUT2D eigenvalue weighted by molar-refractivity contribution is 5.94. The van der Waals surface area contributed by atoms with Gasteiger partial charge in [0.15, 0.2) is 11.5 Å². The highest BCUT2D eigenvalue weighted by atomic mass is 16.5. The van der Waals surface area contributed by atoms with Crippen molar-refractivity contribution < 1.29 is 13.9 Å². The minimum Gasteiger partial charge on any atom is -0.497 e. The summed E-state index contributed by atoms with van der Waals surface area (Å²) in [6.07, 6.45) is 0.734. The Kier molecular flexibility index (Phi) is 4.28. The number of nitrogens with zero attached hydrogens (tertiary/aromatic N) is 1. The van der Waals surface area contributed by atoms with Crippen LogP contribution in [0.4, 0.5) is 0 Å². The smallest absolute Gasteiger partial charge is 0.251 e. The summed E-state index contributed by atoms with van der Waals surface area (Å²) in [7, 11) is 1.58. The summed E-state index contributed by atoms with van der Waals surface area (Å²) < 4.78 is 10.6. The molecule has 0 atom stereocenters. The molecule has 0 spiro atoms. The third-order valence-electron chi connectivity index (χ3n) is 3.59. The van der Waals surface area contributed by atoms with Crippen LogP contribution >= 0.6 is 0 Å². The van der Waals surface area contributed by atoms with Gasteiger partial charge in [-0.25, -0.2) is 4.98 Å². The quantitative estimate of drug-likeness (QED) is 0.786. The Balaban J connectivity index is 1.60. The van der Waals surface area contributed by atoms with Crippen molar-refractivity contribution in [2.24, 2.45) is 0 Å². The van der Waals surface area contributed by atoms with Gasteiger partial charge >= 0.3 is 0 Å². The van der Waals surface area contributed by atoms with E-state index in [1.54, 1.807) is 25.3 Å². The zero-order valence-electron chi connectivity index (χ0n) is 13.1. The van der Waals surface area contributed by atoms with Crippen molar-refractivity contribution in [3.63, 3.8) is 0 Å². The van der Waals surface area contributed by atoms with E-state index < -0.39 is 0 Å². The molecular formula is C18H18N2O3. The summed E-state index contributed by atoms with van der Waals surface area (Å²) in [5.74, 6) is 1.22. The Morgan fingerprint density at radius 3 is 2.96 bits per heavy atom. The molecule has 0 aliphatic heterocycles. The van der Waals surface area contributed by atoms with Crippen LogP contribution in [0.3, 0.4) is 0 Å². The highest BCUT2D eigenvalue weighted by Gasteiger charge is 2.07. The Labute approximate surface area is 134 Å². The minimum atomic E-state index is -0.109. The number of hydrogen-bond donors (Lipinski definition) is 1. The molecule has 1 heterocycles. The molecule has 0 saturated carbocycles. The molecule has 23 heavy (non-hydrogen) atoms. The molecule has 5 heteroatoms. The van der Waals surface area contributed by atoms with Crippen LogP contribution in [0.15, 0.2) is 46.9 Å². The standard InChI is InChI=1S/C18H18N2O3/c1-12-20-16-10-13(6-7-17(16)23-12)8-9-19-18(21)14-4-3-5-15(11-14)22-2/h3-7,10-11H,8-9H2,1-2H3,(H,19,21). The number of aromatic nitrogens is 1. The fourth-order valence-electron chi connectivity index (χ4n) is 2.43. The summed E-state index contributed by atoms with van der Waals surface area (Å²) in [6, 6.07) is 13.0. The molecule has 0 unspecified atom stereocenters. The number of amides is 1. The molecule has 5 nitrogen and oxygen atoms in total. The van der Waals surface area contributed by atoms with Crippen molar-refractivity contribution in [2.45, 2.75) is 13.3 Å². The van der Waals surface area contributed by atoms with Crippen molar-refractivity contribution in [2.75, 3.05) is 13.7 Å². The van der Waals surface area contributed by atoms with Crippen LogP contribution in [0.25, 0.3) is 11.1 Å². The normalized spacial score (nSPS) is 10.7. The lowest BCUT2D eigenvalue weighted by Crippen LogP contribution is -2.25. The number of ether oxygens (including phenoxy) is 1. The average molecular weight is 310 g/mol. The van der Waals surface area contributed by atoms with Crippen molar-refractivity contribution in [1.29, 1.82) is 0 Å². The maximum atomic E-state index is 12.1. The second-order valence-electron chi connectivity index (χ2n) is 5.27. The van der Waals surface area contributed by atoms with Gasteiger partial charge in [-0.1, -0.05) is 12.1 Å². The van der Waals surface area contributed by atoms with Gasteiger partial charge in [0.25, 0.3) is 5.91 Å². The molecule has 0 fully saturated rings. The number of aryl methyl sites for hydroxylation is 1. The topological polar surface area (TPSA) is 64.4 Å². The monoisotopic (exact) mass is 310 g/mol. The van der Waals surface area contributed by atoms with Crippen LogP contribution in [0, 0.1) is 6.92 Å². The molecular weight excluding hydrogens is 292 g/mol. The van der Waals surface area contributed by atoms with Crippen molar-refractivity contribution >= 4 is 17.0 Å². The molecule has 118 valence electrons. The van der Waals surface area contributed by atoms with Gasteiger partial charge < -0.3 is 14.5 Å². The van der Waals surface area contributed by atoms with Gasteiger partial charge in [0.05, 0.1) is 7.11 Å². The SMILES string of the molecule is COc1cccc(C(=O)NCCc2ccc3oc(C)nc3c2)c1. The lowest BCUT2D eigenvalue weighted by atomic mass is 10.1. The first-order valence-electron chi connectivity index (χ1n) is 7.44.